The molecule has 2 nitrogen and oxygen atoms in total. The molecule has 0 aliphatic heterocycles. The summed E-state index contributed by atoms with van der Waals surface area (Å²) in [6, 6.07) is 37.0. The molecule has 4 aromatic carbocycles. The predicted molar refractivity (Wildman–Crippen MR) is 134 cm³/mol. The van der Waals surface area contributed by atoms with Crippen LogP contribution in [0.25, 0.3) is 49.7 Å². The van der Waals surface area contributed by atoms with Gasteiger partial charge in [-0.2, -0.15) is 0 Å². The normalized spacial score (nSPS) is 11.3. The molecule has 0 radical (unpaired) electrons. The molecule has 152 valence electrons. The molecule has 2 aromatic heterocycles. The average Bonchev–Trinajstić information content (AvgIpc) is 3.19. The first kappa shape index (κ1) is 18.6. The van der Waals surface area contributed by atoms with Gasteiger partial charge in [-0.05, 0) is 65.6 Å². The van der Waals surface area contributed by atoms with E-state index in [1.807, 2.05) is 12.4 Å². The van der Waals surface area contributed by atoms with Gasteiger partial charge in [0.15, 0.2) is 0 Å². The first-order valence-electron chi connectivity index (χ1n) is 10.9. The molecule has 0 spiro atoms. The van der Waals surface area contributed by atoms with E-state index in [1.54, 1.807) is 0 Å². The van der Waals surface area contributed by atoms with E-state index in [0.717, 1.165) is 0 Å². The van der Waals surface area contributed by atoms with Gasteiger partial charge >= 0.3 is 0 Å². The van der Waals surface area contributed by atoms with E-state index in [4.69, 9.17) is 0 Å². The Bertz CT molecular complexity index is 1510. The zero-order valence-electron chi connectivity index (χ0n) is 17.9. The second-order valence-electron chi connectivity index (χ2n) is 8.20. The number of pyridine rings is 1. The molecule has 0 N–H and O–H groups in total. The third kappa shape index (κ3) is 3.00. The zero-order valence-corrected chi connectivity index (χ0v) is 17.9. The van der Waals surface area contributed by atoms with Crippen LogP contribution in [0.2, 0.25) is 0 Å². The summed E-state index contributed by atoms with van der Waals surface area (Å²) < 4.78 is 2.35. The van der Waals surface area contributed by atoms with Crippen LogP contribution in [0.3, 0.4) is 0 Å². The molecule has 6 aromatic rings. The minimum Gasteiger partial charge on any atom is -0.309 e. The van der Waals surface area contributed by atoms with Gasteiger partial charge in [0.25, 0.3) is 0 Å². The monoisotopic (exact) mass is 410 g/mol. The van der Waals surface area contributed by atoms with Gasteiger partial charge in [0.2, 0.25) is 0 Å². The van der Waals surface area contributed by atoms with Crippen LogP contribution in [0, 0.1) is 6.92 Å². The number of aromatic nitrogens is 2. The van der Waals surface area contributed by atoms with E-state index in [-0.39, 0.29) is 0 Å². The van der Waals surface area contributed by atoms with Crippen LogP contribution in [0.4, 0.5) is 0 Å². The Labute approximate surface area is 187 Å². The summed E-state index contributed by atoms with van der Waals surface area (Å²) in [5.74, 6) is 0. The number of rotatable bonds is 3. The molecular formula is C30H22N2. The molecule has 2 heterocycles. The third-order valence-corrected chi connectivity index (χ3v) is 6.18. The van der Waals surface area contributed by atoms with Crippen LogP contribution in [-0.4, -0.2) is 9.55 Å². The van der Waals surface area contributed by atoms with Crippen molar-refractivity contribution in [3.63, 3.8) is 0 Å². The summed E-state index contributed by atoms with van der Waals surface area (Å²) in [5.41, 5.74) is 9.74. The largest absolute Gasteiger partial charge is 0.309 e. The zero-order chi connectivity index (χ0) is 21.5. The van der Waals surface area contributed by atoms with Gasteiger partial charge in [0.05, 0.1) is 11.0 Å². The van der Waals surface area contributed by atoms with Crippen molar-refractivity contribution in [1.82, 2.24) is 9.55 Å². The Morgan fingerprint density at radius 1 is 0.562 bits per heavy atom. The van der Waals surface area contributed by atoms with Crippen LogP contribution in [0.5, 0.6) is 0 Å². The fourth-order valence-corrected chi connectivity index (χ4v) is 4.67. The van der Waals surface area contributed by atoms with Gasteiger partial charge in [-0.15, -0.1) is 0 Å². The molecule has 0 aliphatic rings. The topological polar surface area (TPSA) is 17.8 Å². The van der Waals surface area contributed by atoms with E-state index < -0.39 is 0 Å². The molecule has 32 heavy (non-hydrogen) atoms. The van der Waals surface area contributed by atoms with Gasteiger partial charge in [-0.3, -0.25) is 4.98 Å². The van der Waals surface area contributed by atoms with Crippen LogP contribution < -0.4 is 0 Å². The maximum atomic E-state index is 4.18. The van der Waals surface area contributed by atoms with Crippen molar-refractivity contribution in [2.24, 2.45) is 0 Å². The molecule has 0 unspecified atom stereocenters. The molecule has 0 fully saturated rings. The van der Waals surface area contributed by atoms with E-state index in [2.05, 4.69) is 120 Å². The standard InChI is InChI=1S/C30H22N2/c1-21-10-15-25(28(20-21)23-16-18-31-19-17-23)22-11-13-24(14-12-22)32-29-8-4-2-6-26(29)27-7-3-5-9-30(27)32/h2-20H,1H3. The minimum absolute atomic E-state index is 1.17. The number of hydrogen-bond acceptors (Lipinski definition) is 1. The third-order valence-electron chi connectivity index (χ3n) is 6.18. The SMILES string of the molecule is Cc1ccc(-c2ccc(-n3c4ccccc4c4ccccc43)cc2)c(-c2ccncc2)c1. The quantitative estimate of drug-likeness (QED) is 0.291. The summed E-state index contributed by atoms with van der Waals surface area (Å²) >= 11 is 0. The Morgan fingerprint density at radius 3 is 1.81 bits per heavy atom. The van der Waals surface area contributed by atoms with E-state index in [0.29, 0.717) is 0 Å². The maximum absolute atomic E-state index is 4.18. The predicted octanol–water partition coefficient (Wildman–Crippen LogP) is 7.82. The number of hydrogen-bond donors (Lipinski definition) is 0. The van der Waals surface area contributed by atoms with Gasteiger partial charge < -0.3 is 4.57 Å². The van der Waals surface area contributed by atoms with Crippen molar-refractivity contribution in [3.8, 4) is 27.9 Å². The van der Waals surface area contributed by atoms with Crippen molar-refractivity contribution < 1.29 is 0 Å². The Morgan fingerprint density at radius 2 is 1.16 bits per heavy atom. The van der Waals surface area contributed by atoms with Gasteiger partial charge in [0, 0.05) is 28.9 Å². The molecule has 2 heteroatoms. The van der Waals surface area contributed by atoms with Gasteiger partial charge in [-0.25, -0.2) is 0 Å². The fraction of sp³-hybridized carbons (Fsp3) is 0.0333. The molecule has 0 amide bonds. The number of para-hydroxylation sites is 2. The van der Waals surface area contributed by atoms with Crippen molar-refractivity contribution >= 4 is 21.8 Å². The summed E-state index contributed by atoms with van der Waals surface area (Å²) in [4.78, 5) is 4.18. The highest BCUT2D eigenvalue weighted by molar-refractivity contribution is 6.09. The lowest BCUT2D eigenvalue weighted by Crippen LogP contribution is -1.94. The van der Waals surface area contributed by atoms with Crippen molar-refractivity contribution in [2.45, 2.75) is 6.92 Å². The summed E-state index contributed by atoms with van der Waals surface area (Å²) in [6.07, 6.45) is 3.71. The number of fused-ring (bicyclic) bond motifs is 3. The van der Waals surface area contributed by atoms with Crippen molar-refractivity contribution in [1.29, 1.82) is 0 Å². The van der Waals surface area contributed by atoms with E-state index >= 15 is 0 Å². The van der Waals surface area contributed by atoms with Crippen molar-refractivity contribution in [2.75, 3.05) is 0 Å². The summed E-state index contributed by atoms with van der Waals surface area (Å²) in [7, 11) is 0. The molecule has 0 saturated carbocycles. The Balaban J connectivity index is 1.51. The molecule has 0 aliphatic carbocycles. The molecule has 0 atom stereocenters. The average molecular weight is 411 g/mol. The Hall–Kier alpha value is -4.17. The molecular weight excluding hydrogens is 388 g/mol. The smallest absolute Gasteiger partial charge is 0.0541 e. The van der Waals surface area contributed by atoms with E-state index in [9.17, 15) is 0 Å². The maximum Gasteiger partial charge on any atom is 0.0541 e. The second-order valence-corrected chi connectivity index (χ2v) is 8.20. The fourth-order valence-electron chi connectivity index (χ4n) is 4.67. The van der Waals surface area contributed by atoms with Crippen LogP contribution in [0.1, 0.15) is 5.56 Å². The molecule has 0 saturated heterocycles. The molecule has 0 bridgehead atoms. The van der Waals surface area contributed by atoms with Gasteiger partial charge in [0.1, 0.15) is 0 Å². The van der Waals surface area contributed by atoms with Gasteiger partial charge in [-0.1, -0.05) is 72.3 Å². The number of nitrogens with zero attached hydrogens (tertiary/aromatic N) is 2. The summed E-state index contributed by atoms with van der Waals surface area (Å²) in [6.45, 7) is 2.14. The highest BCUT2D eigenvalue weighted by Crippen LogP contribution is 2.35. The summed E-state index contributed by atoms with van der Waals surface area (Å²) in [5, 5.41) is 2.57. The lowest BCUT2D eigenvalue weighted by Gasteiger charge is -2.13. The van der Waals surface area contributed by atoms with Crippen LogP contribution in [0.15, 0.2) is 116 Å². The lowest BCUT2D eigenvalue weighted by molar-refractivity contribution is 1.18. The number of benzene rings is 4. The van der Waals surface area contributed by atoms with E-state index in [1.165, 1.54) is 55.3 Å². The number of aryl methyl sites for hydroxylation is 1. The second kappa shape index (κ2) is 7.51. The van der Waals surface area contributed by atoms with Crippen molar-refractivity contribution in [3.05, 3.63) is 121 Å². The Kier molecular flexibility index (Phi) is 4.36. The van der Waals surface area contributed by atoms with Crippen LogP contribution in [-0.2, 0) is 0 Å². The molecule has 6 rings (SSSR count). The highest BCUT2D eigenvalue weighted by atomic mass is 15.0. The minimum atomic E-state index is 1.17. The highest BCUT2D eigenvalue weighted by Gasteiger charge is 2.12. The first-order valence-corrected chi connectivity index (χ1v) is 10.9. The van der Waals surface area contributed by atoms with Crippen LogP contribution >= 0.6 is 0 Å². The lowest BCUT2D eigenvalue weighted by atomic mass is 9.93. The first-order chi connectivity index (χ1) is 15.8.